The molecule has 0 bridgehead atoms. The van der Waals surface area contributed by atoms with Crippen LogP contribution in [-0.2, 0) is 16.0 Å². The molecule has 0 aliphatic heterocycles. The molecule has 0 spiro atoms. The van der Waals surface area contributed by atoms with E-state index in [1.807, 2.05) is 44.2 Å². The van der Waals surface area contributed by atoms with Gasteiger partial charge in [-0.2, -0.15) is 0 Å². The van der Waals surface area contributed by atoms with Gasteiger partial charge in [0.25, 0.3) is 0 Å². The fraction of sp³-hybridized carbons (Fsp3) is 0.467. The summed E-state index contributed by atoms with van der Waals surface area (Å²) in [6.07, 6.45) is 0.943. The third-order valence-corrected chi connectivity index (χ3v) is 3.00. The van der Waals surface area contributed by atoms with Crippen LogP contribution in [0.4, 0.5) is 0 Å². The van der Waals surface area contributed by atoms with E-state index in [0.717, 1.165) is 5.56 Å². The molecule has 5 N–H and O–H groups in total. The van der Waals surface area contributed by atoms with Crippen LogP contribution in [0.15, 0.2) is 30.3 Å². The molecule has 0 saturated heterocycles. The Bertz CT molecular complexity index is 446. The van der Waals surface area contributed by atoms with E-state index < -0.39 is 18.0 Å². The number of carbonyl (C=O) groups excluding carboxylic acids is 2. The van der Waals surface area contributed by atoms with Crippen molar-refractivity contribution in [3.8, 4) is 0 Å². The molecule has 1 aromatic rings. The minimum absolute atomic E-state index is 0.262. The van der Waals surface area contributed by atoms with Crippen LogP contribution in [0, 0.1) is 5.92 Å². The number of hydrogen-bond donors (Lipinski definition) is 3. The third kappa shape index (κ3) is 5.40. The van der Waals surface area contributed by atoms with Gasteiger partial charge in [0, 0.05) is 0 Å². The van der Waals surface area contributed by atoms with Crippen LogP contribution in [0.1, 0.15) is 25.8 Å². The van der Waals surface area contributed by atoms with Crippen molar-refractivity contribution < 1.29 is 9.59 Å². The predicted octanol–water partition coefficient (Wildman–Crippen LogP) is 0.573. The second-order valence-electron chi connectivity index (χ2n) is 5.39. The molecule has 5 heteroatoms. The minimum Gasteiger partial charge on any atom is -0.368 e. The van der Waals surface area contributed by atoms with Crippen LogP contribution in [-0.4, -0.2) is 23.9 Å². The van der Waals surface area contributed by atoms with E-state index in [2.05, 4.69) is 5.32 Å². The molecule has 0 aliphatic carbocycles. The van der Waals surface area contributed by atoms with Crippen molar-refractivity contribution in [1.29, 1.82) is 0 Å². The first-order chi connectivity index (χ1) is 9.40. The molecule has 0 saturated carbocycles. The molecule has 0 aliphatic rings. The number of nitrogens with two attached hydrogens (primary N) is 2. The van der Waals surface area contributed by atoms with Crippen molar-refractivity contribution in [2.75, 3.05) is 0 Å². The van der Waals surface area contributed by atoms with Crippen LogP contribution < -0.4 is 16.8 Å². The summed E-state index contributed by atoms with van der Waals surface area (Å²) in [7, 11) is 0. The lowest BCUT2D eigenvalue weighted by Crippen LogP contribution is -2.51. The number of hydrogen-bond acceptors (Lipinski definition) is 3. The zero-order valence-electron chi connectivity index (χ0n) is 12.0. The van der Waals surface area contributed by atoms with Crippen molar-refractivity contribution in [2.24, 2.45) is 17.4 Å². The number of nitrogens with one attached hydrogen (secondary N) is 1. The zero-order valence-corrected chi connectivity index (χ0v) is 12.0. The SMILES string of the molecule is CC(C)C[C@H](NC(=O)[C@H](N)Cc1ccccc1)C(N)=O. The smallest absolute Gasteiger partial charge is 0.240 e. The van der Waals surface area contributed by atoms with Crippen molar-refractivity contribution in [3.05, 3.63) is 35.9 Å². The Morgan fingerprint density at radius 1 is 1.20 bits per heavy atom. The molecule has 0 fully saturated rings. The van der Waals surface area contributed by atoms with Crippen molar-refractivity contribution >= 4 is 11.8 Å². The highest BCUT2D eigenvalue weighted by Gasteiger charge is 2.22. The van der Waals surface area contributed by atoms with E-state index in [1.165, 1.54) is 0 Å². The van der Waals surface area contributed by atoms with Gasteiger partial charge in [-0.1, -0.05) is 44.2 Å². The maximum absolute atomic E-state index is 12.0. The van der Waals surface area contributed by atoms with Gasteiger partial charge in [-0.3, -0.25) is 9.59 Å². The van der Waals surface area contributed by atoms with E-state index in [-0.39, 0.29) is 11.8 Å². The highest BCUT2D eigenvalue weighted by Crippen LogP contribution is 2.06. The number of carbonyl (C=O) groups is 2. The molecular weight excluding hydrogens is 254 g/mol. The molecule has 1 rings (SSSR count). The number of benzene rings is 1. The van der Waals surface area contributed by atoms with Crippen LogP contribution in [0.5, 0.6) is 0 Å². The van der Waals surface area contributed by atoms with E-state index in [1.54, 1.807) is 0 Å². The summed E-state index contributed by atoms with van der Waals surface area (Å²) in [5.41, 5.74) is 12.1. The maximum Gasteiger partial charge on any atom is 0.240 e. The molecule has 20 heavy (non-hydrogen) atoms. The molecule has 2 amide bonds. The van der Waals surface area contributed by atoms with Gasteiger partial charge in [-0.15, -0.1) is 0 Å². The normalized spacial score (nSPS) is 13.8. The van der Waals surface area contributed by atoms with Gasteiger partial charge in [-0.25, -0.2) is 0 Å². The first kappa shape index (κ1) is 16.2. The average molecular weight is 277 g/mol. The first-order valence-electron chi connectivity index (χ1n) is 6.79. The van der Waals surface area contributed by atoms with Crippen molar-refractivity contribution in [3.63, 3.8) is 0 Å². The fourth-order valence-corrected chi connectivity index (χ4v) is 1.96. The van der Waals surface area contributed by atoms with Gasteiger partial charge in [0.15, 0.2) is 0 Å². The van der Waals surface area contributed by atoms with Gasteiger partial charge in [0.05, 0.1) is 6.04 Å². The van der Waals surface area contributed by atoms with E-state index in [4.69, 9.17) is 11.5 Å². The molecule has 2 atom stereocenters. The lowest BCUT2D eigenvalue weighted by Gasteiger charge is -2.20. The summed E-state index contributed by atoms with van der Waals surface area (Å²) in [5, 5.41) is 2.63. The molecule has 5 nitrogen and oxygen atoms in total. The highest BCUT2D eigenvalue weighted by atomic mass is 16.2. The Kier molecular flexibility index (Phi) is 6.18. The van der Waals surface area contributed by atoms with E-state index in [9.17, 15) is 9.59 Å². The monoisotopic (exact) mass is 277 g/mol. The molecule has 110 valence electrons. The lowest BCUT2D eigenvalue weighted by atomic mass is 10.0. The van der Waals surface area contributed by atoms with Crippen LogP contribution in [0.2, 0.25) is 0 Å². The van der Waals surface area contributed by atoms with Gasteiger partial charge in [-0.05, 0) is 24.3 Å². The van der Waals surface area contributed by atoms with Gasteiger partial charge < -0.3 is 16.8 Å². The molecule has 0 heterocycles. The maximum atomic E-state index is 12.0. The number of primary amides is 1. The Labute approximate surface area is 119 Å². The molecule has 0 aromatic heterocycles. The summed E-state index contributed by atoms with van der Waals surface area (Å²) in [5.74, 6) is -0.615. The number of rotatable bonds is 7. The largest absolute Gasteiger partial charge is 0.368 e. The van der Waals surface area contributed by atoms with Crippen LogP contribution in [0.25, 0.3) is 0 Å². The van der Waals surface area contributed by atoms with Crippen molar-refractivity contribution in [2.45, 2.75) is 38.8 Å². The molecule has 0 unspecified atom stereocenters. The van der Waals surface area contributed by atoms with Crippen molar-refractivity contribution in [1.82, 2.24) is 5.32 Å². The third-order valence-electron chi connectivity index (χ3n) is 3.00. The summed E-state index contributed by atoms with van der Waals surface area (Å²) >= 11 is 0. The topological polar surface area (TPSA) is 98.2 Å². The zero-order chi connectivity index (χ0) is 15.1. The predicted molar refractivity (Wildman–Crippen MR) is 78.7 cm³/mol. The summed E-state index contributed by atoms with van der Waals surface area (Å²) < 4.78 is 0. The van der Waals surface area contributed by atoms with E-state index in [0.29, 0.717) is 12.8 Å². The van der Waals surface area contributed by atoms with Gasteiger partial charge >= 0.3 is 0 Å². The quantitative estimate of drug-likeness (QED) is 0.679. The Balaban J connectivity index is 2.57. The van der Waals surface area contributed by atoms with Gasteiger partial charge in [0.2, 0.25) is 11.8 Å². The fourth-order valence-electron chi connectivity index (χ4n) is 1.96. The Hall–Kier alpha value is -1.88. The standard InChI is InChI=1S/C15H23N3O2/c1-10(2)8-13(14(17)19)18-15(20)12(16)9-11-6-4-3-5-7-11/h3-7,10,12-13H,8-9,16H2,1-2H3,(H2,17,19)(H,18,20)/t12-,13+/m1/s1. The minimum atomic E-state index is -0.689. The summed E-state index contributed by atoms with van der Waals surface area (Å²) in [6, 6.07) is 8.16. The Morgan fingerprint density at radius 3 is 2.30 bits per heavy atom. The van der Waals surface area contributed by atoms with E-state index >= 15 is 0 Å². The highest BCUT2D eigenvalue weighted by molar-refractivity contribution is 5.89. The summed E-state index contributed by atoms with van der Waals surface area (Å²) in [4.78, 5) is 23.3. The second kappa shape index (κ2) is 7.65. The number of amides is 2. The molecule has 0 radical (unpaired) electrons. The Morgan fingerprint density at radius 2 is 1.80 bits per heavy atom. The molecular formula is C15H23N3O2. The average Bonchev–Trinajstić information content (AvgIpc) is 2.38. The second-order valence-corrected chi connectivity index (χ2v) is 5.39. The van der Waals surface area contributed by atoms with Crippen LogP contribution in [0.3, 0.4) is 0 Å². The van der Waals surface area contributed by atoms with Crippen LogP contribution >= 0.6 is 0 Å². The first-order valence-corrected chi connectivity index (χ1v) is 6.79. The summed E-state index contributed by atoms with van der Waals surface area (Å²) in [6.45, 7) is 3.93. The molecule has 1 aromatic carbocycles. The van der Waals surface area contributed by atoms with Gasteiger partial charge in [0.1, 0.15) is 6.04 Å². The lowest BCUT2D eigenvalue weighted by molar-refractivity contribution is -0.128.